The minimum Gasteiger partial charge on any atom is -0.483 e. The molecule has 0 spiro atoms. The fourth-order valence-electron chi connectivity index (χ4n) is 2.48. The number of nitrogens with zero attached hydrogens (tertiary/aromatic N) is 5. The molecule has 1 unspecified atom stereocenters. The third-order valence-electron chi connectivity index (χ3n) is 3.88. The molecule has 0 fully saturated rings. The van der Waals surface area contributed by atoms with Crippen LogP contribution in [0.25, 0.3) is 0 Å². The number of benzene rings is 1. The highest BCUT2D eigenvalue weighted by molar-refractivity contribution is 7.99. The molecule has 0 aliphatic heterocycles. The lowest BCUT2D eigenvalue weighted by molar-refractivity contribution is -0.113. The fraction of sp³-hybridized carbons (Fsp3) is 0.389. The first-order valence-corrected chi connectivity index (χ1v) is 10.6. The van der Waals surface area contributed by atoms with Crippen LogP contribution in [0.3, 0.4) is 0 Å². The monoisotopic (exact) mass is 418 g/mol. The number of hydrogen-bond acceptors (Lipinski definition) is 8. The molecule has 0 saturated carbocycles. The zero-order chi connectivity index (χ0) is 20.1. The van der Waals surface area contributed by atoms with Crippen molar-refractivity contribution in [3.63, 3.8) is 0 Å². The van der Waals surface area contributed by atoms with Crippen LogP contribution in [0.5, 0.6) is 5.75 Å². The van der Waals surface area contributed by atoms with Gasteiger partial charge in [0.1, 0.15) is 10.8 Å². The fourth-order valence-corrected chi connectivity index (χ4v) is 3.90. The van der Waals surface area contributed by atoms with Gasteiger partial charge in [0.05, 0.1) is 5.75 Å². The summed E-state index contributed by atoms with van der Waals surface area (Å²) in [5.41, 5.74) is 1.13. The number of nitrogens with one attached hydrogen (secondary N) is 1. The van der Waals surface area contributed by atoms with Crippen molar-refractivity contribution >= 4 is 34.1 Å². The van der Waals surface area contributed by atoms with E-state index in [9.17, 15) is 4.79 Å². The van der Waals surface area contributed by atoms with Gasteiger partial charge in [0.2, 0.25) is 11.0 Å². The molecular weight excluding hydrogens is 396 g/mol. The molecule has 0 bridgehead atoms. The van der Waals surface area contributed by atoms with E-state index in [1.54, 1.807) is 0 Å². The van der Waals surface area contributed by atoms with Crippen LogP contribution in [0.1, 0.15) is 36.3 Å². The summed E-state index contributed by atoms with van der Waals surface area (Å²) in [7, 11) is 1.87. The molecule has 10 heteroatoms. The van der Waals surface area contributed by atoms with Gasteiger partial charge in [-0.2, -0.15) is 0 Å². The zero-order valence-corrected chi connectivity index (χ0v) is 17.8. The largest absolute Gasteiger partial charge is 0.483 e. The number of hydrogen-bond donors (Lipinski definition) is 1. The summed E-state index contributed by atoms with van der Waals surface area (Å²) in [6.07, 6.45) is 0.531. The molecule has 148 valence electrons. The van der Waals surface area contributed by atoms with E-state index >= 15 is 0 Å². The summed E-state index contributed by atoms with van der Waals surface area (Å²) in [5, 5.41) is 21.2. The second-order valence-corrected chi connectivity index (χ2v) is 8.17. The topological polar surface area (TPSA) is 94.8 Å². The summed E-state index contributed by atoms with van der Waals surface area (Å²) in [5.74, 6) is 1.53. The molecule has 28 heavy (non-hydrogen) atoms. The summed E-state index contributed by atoms with van der Waals surface area (Å²) >= 11 is 2.69. The highest BCUT2D eigenvalue weighted by atomic mass is 32.2. The van der Waals surface area contributed by atoms with Gasteiger partial charge in [-0.3, -0.25) is 10.1 Å². The molecule has 2 aromatic heterocycles. The number of amides is 1. The van der Waals surface area contributed by atoms with Crippen LogP contribution in [0.15, 0.2) is 29.4 Å². The smallest absolute Gasteiger partial charge is 0.236 e. The molecule has 0 radical (unpaired) electrons. The SMILES string of the molecule is CCc1nnc(NC(=O)CSc2nnc(C(C)Oc3cccc(C)c3)n2C)s1. The maximum atomic E-state index is 12.1. The normalized spacial score (nSPS) is 12.0. The first kappa shape index (κ1) is 20.3. The van der Waals surface area contributed by atoms with Gasteiger partial charge in [-0.05, 0) is 38.0 Å². The Morgan fingerprint density at radius 1 is 1.32 bits per heavy atom. The van der Waals surface area contributed by atoms with Gasteiger partial charge in [0, 0.05) is 7.05 Å². The molecular formula is C18H22N6O2S2. The predicted molar refractivity (Wildman–Crippen MR) is 110 cm³/mol. The molecule has 3 rings (SSSR count). The van der Waals surface area contributed by atoms with Crippen LogP contribution >= 0.6 is 23.1 Å². The maximum absolute atomic E-state index is 12.1. The van der Waals surface area contributed by atoms with E-state index in [0.717, 1.165) is 22.7 Å². The van der Waals surface area contributed by atoms with E-state index in [1.165, 1.54) is 23.1 Å². The first-order valence-electron chi connectivity index (χ1n) is 8.84. The predicted octanol–water partition coefficient (Wildman–Crippen LogP) is 3.41. The minimum absolute atomic E-state index is 0.155. The molecule has 8 nitrogen and oxygen atoms in total. The standard InChI is InChI=1S/C18H22N6O2S2/c1-5-15-20-22-17(28-15)19-14(25)10-27-18-23-21-16(24(18)4)12(3)26-13-8-6-7-11(2)9-13/h6-9,12H,5,10H2,1-4H3,(H,19,22,25). The van der Waals surface area contributed by atoms with Crippen LogP contribution in [0.4, 0.5) is 5.13 Å². The number of aromatic nitrogens is 5. The number of ether oxygens (including phenoxy) is 1. The van der Waals surface area contributed by atoms with Crippen LogP contribution in [0.2, 0.25) is 0 Å². The van der Waals surface area contributed by atoms with Crippen molar-refractivity contribution < 1.29 is 9.53 Å². The highest BCUT2D eigenvalue weighted by Crippen LogP contribution is 2.24. The Bertz CT molecular complexity index is 955. The van der Waals surface area contributed by atoms with Gasteiger partial charge in [-0.1, -0.05) is 42.2 Å². The molecule has 0 aliphatic rings. The van der Waals surface area contributed by atoms with E-state index in [0.29, 0.717) is 16.1 Å². The molecule has 2 heterocycles. The average Bonchev–Trinajstić information content (AvgIpc) is 3.26. The molecule has 1 atom stereocenters. The van der Waals surface area contributed by atoms with E-state index in [2.05, 4.69) is 25.7 Å². The number of carbonyl (C=O) groups excluding carboxylic acids is 1. The summed E-state index contributed by atoms with van der Waals surface area (Å²) in [6, 6.07) is 7.86. The second kappa shape index (κ2) is 9.16. The van der Waals surface area contributed by atoms with Crippen LogP contribution in [-0.2, 0) is 18.3 Å². The summed E-state index contributed by atoms with van der Waals surface area (Å²) < 4.78 is 7.81. The average molecular weight is 419 g/mol. The maximum Gasteiger partial charge on any atom is 0.236 e. The lowest BCUT2D eigenvalue weighted by Gasteiger charge is -2.14. The van der Waals surface area contributed by atoms with E-state index in [4.69, 9.17) is 4.74 Å². The molecule has 3 aromatic rings. The number of carbonyl (C=O) groups is 1. The van der Waals surface area contributed by atoms with E-state index in [1.807, 2.05) is 56.7 Å². The molecule has 1 N–H and O–H groups in total. The van der Waals surface area contributed by atoms with Gasteiger partial charge in [0.15, 0.2) is 17.1 Å². The van der Waals surface area contributed by atoms with Crippen molar-refractivity contribution in [2.45, 2.75) is 38.5 Å². The van der Waals surface area contributed by atoms with Gasteiger partial charge < -0.3 is 9.30 Å². The Labute approximate surface area is 171 Å². The van der Waals surface area contributed by atoms with Crippen molar-refractivity contribution in [2.75, 3.05) is 11.1 Å². The Balaban J connectivity index is 1.57. The van der Waals surface area contributed by atoms with Crippen molar-refractivity contribution in [3.8, 4) is 5.75 Å². The van der Waals surface area contributed by atoms with Crippen LogP contribution < -0.4 is 10.1 Å². The number of rotatable bonds is 8. The van der Waals surface area contributed by atoms with Gasteiger partial charge in [0.25, 0.3) is 0 Å². The molecule has 1 amide bonds. The van der Waals surface area contributed by atoms with Gasteiger partial charge in [-0.15, -0.1) is 20.4 Å². The van der Waals surface area contributed by atoms with E-state index < -0.39 is 0 Å². The quantitative estimate of drug-likeness (QED) is 0.560. The lowest BCUT2D eigenvalue weighted by atomic mass is 10.2. The Morgan fingerprint density at radius 3 is 2.86 bits per heavy atom. The van der Waals surface area contributed by atoms with Crippen LogP contribution in [-0.4, -0.2) is 36.6 Å². The zero-order valence-electron chi connectivity index (χ0n) is 16.2. The third-order valence-corrected chi connectivity index (χ3v) is 5.89. The van der Waals surface area contributed by atoms with Crippen molar-refractivity contribution in [1.29, 1.82) is 0 Å². The Morgan fingerprint density at radius 2 is 2.14 bits per heavy atom. The van der Waals surface area contributed by atoms with Crippen molar-refractivity contribution in [1.82, 2.24) is 25.0 Å². The molecule has 1 aromatic carbocycles. The third kappa shape index (κ3) is 5.08. The van der Waals surface area contributed by atoms with Crippen molar-refractivity contribution in [3.05, 3.63) is 40.7 Å². The number of thioether (sulfide) groups is 1. The van der Waals surface area contributed by atoms with E-state index in [-0.39, 0.29) is 17.8 Å². The molecule has 0 aliphatic carbocycles. The van der Waals surface area contributed by atoms with Gasteiger partial charge in [-0.25, -0.2) is 0 Å². The lowest BCUT2D eigenvalue weighted by Crippen LogP contribution is -2.14. The summed E-state index contributed by atoms with van der Waals surface area (Å²) in [4.78, 5) is 12.1. The number of aryl methyl sites for hydroxylation is 2. The first-order chi connectivity index (χ1) is 13.5. The minimum atomic E-state index is -0.267. The Kier molecular flexibility index (Phi) is 6.63. The summed E-state index contributed by atoms with van der Waals surface area (Å²) in [6.45, 7) is 5.94. The molecule has 0 saturated heterocycles. The van der Waals surface area contributed by atoms with Gasteiger partial charge >= 0.3 is 0 Å². The second-order valence-electron chi connectivity index (χ2n) is 6.17. The highest BCUT2D eigenvalue weighted by Gasteiger charge is 2.18. The Hall–Kier alpha value is -2.46. The van der Waals surface area contributed by atoms with Crippen molar-refractivity contribution in [2.24, 2.45) is 7.05 Å². The van der Waals surface area contributed by atoms with Crippen LogP contribution in [0, 0.1) is 6.92 Å². The number of anilines is 1.